The van der Waals surface area contributed by atoms with Crippen molar-refractivity contribution in [2.75, 3.05) is 13.1 Å². The molecular weight excluding hydrogens is 370 g/mol. The Morgan fingerprint density at radius 1 is 1.46 bits per heavy atom. The van der Waals surface area contributed by atoms with Crippen molar-refractivity contribution in [2.45, 2.75) is 44.8 Å². The summed E-state index contributed by atoms with van der Waals surface area (Å²) < 4.78 is 16.8. The van der Waals surface area contributed by atoms with Crippen LogP contribution in [0.5, 0.6) is 0 Å². The van der Waals surface area contributed by atoms with E-state index in [1.807, 2.05) is 20.8 Å². The fourth-order valence-electron chi connectivity index (χ4n) is 3.31. The van der Waals surface area contributed by atoms with Gasteiger partial charge in [0.2, 0.25) is 0 Å². The molecular formula is C15H22ClN3O3S2. The van der Waals surface area contributed by atoms with E-state index in [-0.39, 0.29) is 9.92 Å². The first-order valence-corrected chi connectivity index (χ1v) is 10.7. The van der Waals surface area contributed by atoms with E-state index < -0.39 is 32.3 Å². The highest BCUT2D eigenvalue weighted by Gasteiger charge is 2.52. The van der Waals surface area contributed by atoms with Crippen molar-refractivity contribution in [3.63, 3.8) is 0 Å². The summed E-state index contributed by atoms with van der Waals surface area (Å²) in [5, 5.41) is 11.9. The molecule has 1 aliphatic carbocycles. The molecule has 0 amide bonds. The first-order chi connectivity index (χ1) is 11.2. The van der Waals surface area contributed by atoms with Crippen LogP contribution in [-0.2, 0) is 11.4 Å². The number of nitrogens with one attached hydrogen (secondary N) is 1. The number of carboxylic acid groups (broad SMARTS) is 1. The van der Waals surface area contributed by atoms with Crippen molar-refractivity contribution in [3.05, 3.63) is 10.6 Å². The largest absolute Gasteiger partial charge is 0.591 e. The Hall–Kier alpha value is -0.540. The van der Waals surface area contributed by atoms with Crippen LogP contribution in [0.15, 0.2) is 20.0 Å². The molecule has 2 heterocycles. The molecule has 24 heavy (non-hydrogen) atoms. The predicted octanol–water partition coefficient (Wildman–Crippen LogP) is 3.16. The van der Waals surface area contributed by atoms with Gasteiger partial charge in [0.15, 0.2) is 4.50 Å². The Balaban J connectivity index is 2.07. The summed E-state index contributed by atoms with van der Waals surface area (Å²) in [6.45, 7) is 7.30. The van der Waals surface area contributed by atoms with E-state index in [4.69, 9.17) is 11.6 Å². The minimum absolute atomic E-state index is 0.139. The molecule has 0 saturated carbocycles. The highest BCUT2D eigenvalue weighted by molar-refractivity contribution is 8.45. The van der Waals surface area contributed by atoms with E-state index in [1.165, 1.54) is 0 Å². The van der Waals surface area contributed by atoms with Crippen LogP contribution in [0.25, 0.3) is 0 Å². The average molecular weight is 392 g/mol. The number of aliphatic imine (C=N–C) groups is 1. The van der Waals surface area contributed by atoms with Crippen LogP contribution < -0.4 is 5.32 Å². The standard InChI is InChI=1S/C15H22ClN3O3S2/c1-14(2,3)24(22)19-11-10-9(23(13(20)21)12(16)18-10)8-15(11)4-6-17-7-5-15/h17,23H,4-8H2,1-3H3,(H,20,21)/b19-11+. The van der Waals surface area contributed by atoms with Gasteiger partial charge in [0, 0.05) is 10.3 Å². The molecule has 0 aromatic heterocycles. The third-order valence-corrected chi connectivity index (χ3v) is 8.36. The Labute approximate surface area is 152 Å². The quantitative estimate of drug-likeness (QED) is 0.472. The van der Waals surface area contributed by atoms with Crippen LogP contribution in [0.2, 0.25) is 0 Å². The average Bonchev–Trinajstić information content (AvgIpc) is 2.92. The fraction of sp³-hybridized carbons (Fsp3) is 0.667. The van der Waals surface area contributed by atoms with Gasteiger partial charge in [-0.25, -0.2) is 9.79 Å². The fourth-order valence-corrected chi connectivity index (χ4v) is 6.27. The molecule has 0 aromatic rings. The van der Waals surface area contributed by atoms with E-state index in [1.54, 1.807) is 0 Å². The van der Waals surface area contributed by atoms with Crippen molar-refractivity contribution >= 4 is 49.4 Å². The summed E-state index contributed by atoms with van der Waals surface area (Å²) >= 11 is 4.69. The van der Waals surface area contributed by atoms with Crippen molar-refractivity contribution in [1.29, 1.82) is 0 Å². The van der Waals surface area contributed by atoms with Gasteiger partial charge in [-0.2, -0.15) is 0 Å². The molecule has 9 heteroatoms. The van der Waals surface area contributed by atoms with Crippen LogP contribution >= 0.6 is 22.5 Å². The summed E-state index contributed by atoms with van der Waals surface area (Å²) in [7, 11) is -1.62. The third-order valence-electron chi connectivity index (χ3n) is 4.61. The van der Waals surface area contributed by atoms with Gasteiger partial charge in [-0.15, -0.1) is 0 Å². The Kier molecular flexibility index (Phi) is 4.81. The lowest BCUT2D eigenvalue weighted by Gasteiger charge is -2.35. The van der Waals surface area contributed by atoms with Gasteiger partial charge in [-0.3, -0.25) is 0 Å². The zero-order valence-corrected chi connectivity index (χ0v) is 16.4. The molecule has 3 aliphatic rings. The van der Waals surface area contributed by atoms with Crippen LogP contribution in [0, 0.1) is 5.41 Å². The van der Waals surface area contributed by atoms with E-state index in [2.05, 4.69) is 14.7 Å². The lowest BCUT2D eigenvalue weighted by molar-refractivity contribution is 0.222. The maximum atomic E-state index is 12.6. The molecule has 0 aromatic carbocycles. The molecule has 6 nitrogen and oxygen atoms in total. The van der Waals surface area contributed by atoms with Gasteiger partial charge in [-0.05, 0) is 53.1 Å². The van der Waals surface area contributed by atoms with Gasteiger partial charge in [-0.1, -0.05) is 26.9 Å². The highest BCUT2D eigenvalue weighted by Crippen LogP contribution is 2.59. The molecule has 0 bridgehead atoms. The van der Waals surface area contributed by atoms with E-state index in [9.17, 15) is 14.5 Å². The Morgan fingerprint density at radius 2 is 2.08 bits per heavy atom. The third kappa shape index (κ3) is 3.03. The molecule has 0 radical (unpaired) electrons. The SMILES string of the molecule is CC(C)(C)[S+]([O-])/N=C1\C2=C(CC13CCNCC3)[SH](C(=O)O)C(Cl)=N2. The van der Waals surface area contributed by atoms with Crippen molar-refractivity contribution < 1.29 is 14.5 Å². The van der Waals surface area contributed by atoms with Gasteiger partial charge in [0.1, 0.15) is 27.5 Å². The number of nitrogens with zero attached hydrogens (tertiary/aromatic N) is 2. The number of rotatable bonds is 1. The van der Waals surface area contributed by atoms with E-state index >= 15 is 0 Å². The number of carbonyl (C=O) groups is 1. The summed E-state index contributed by atoms with van der Waals surface area (Å²) in [6.07, 6.45) is 2.30. The first-order valence-electron chi connectivity index (χ1n) is 7.88. The summed E-state index contributed by atoms with van der Waals surface area (Å²) in [6, 6.07) is 0. The lowest BCUT2D eigenvalue weighted by atomic mass is 9.75. The zero-order valence-electron chi connectivity index (χ0n) is 13.9. The van der Waals surface area contributed by atoms with Crippen LogP contribution in [0.1, 0.15) is 40.0 Å². The highest BCUT2D eigenvalue weighted by atomic mass is 35.5. The topological polar surface area (TPSA) is 97.1 Å². The molecule has 1 fully saturated rings. The lowest BCUT2D eigenvalue weighted by Crippen LogP contribution is -2.41. The molecule has 2 unspecified atom stereocenters. The number of halogens is 1. The van der Waals surface area contributed by atoms with Crippen molar-refractivity contribution in [3.8, 4) is 0 Å². The second-order valence-corrected chi connectivity index (χ2v) is 11.8. The van der Waals surface area contributed by atoms with E-state index in [0.717, 1.165) is 30.8 Å². The molecule has 1 spiro atoms. The smallest absolute Gasteiger partial charge is 0.354 e. The Bertz CT molecular complexity index is 663. The number of hydrogen-bond donors (Lipinski definition) is 3. The summed E-state index contributed by atoms with van der Waals surface area (Å²) in [5.74, 6) is 0. The molecule has 1 saturated heterocycles. The van der Waals surface area contributed by atoms with Crippen LogP contribution in [-0.4, -0.2) is 43.0 Å². The molecule has 134 valence electrons. The molecule has 2 atom stereocenters. The second kappa shape index (κ2) is 6.32. The minimum Gasteiger partial charge on any atom is -0.591 e. The van der Waals surface area contributed by atoms with Crippen LogP contribution in [0.4, 0.5) is 4.79 Å². The number of allylic oxidation sites excluding steroid dienone is 2. The van der Waals surface area contributed by atoms with Gasteiger partial charge < -0.3 is 15.0 Å². The molecule has 2 N–H and O–H groups in total. The predicted molar refractivity (Wildman–Crippen MR) is 102 cm³/mol. The first kappa shape index (κ1) is 18.3. The number of piperidine rings is 1. The van der Waals surface area contributed by atoms with Crippen molar-refractivity contribution in [1.82, 2.24) is 5.32 Å². The van der Waals surface area contributed by atoms with Gasteiger partial charge >= 0.3 is 5.30 Å². The van der Waals surface area contributed by atoms with Crippen molar-refractivity contribution in [2.24, 2.45) is 14.8 Å². The number of thiol groups is 1. The number of hydrogen-bond acceptors (Lipinski definition) is 5. The Morgan fingerprint density at radius 3 is 2.62 bits per heavy atom. The summed E-state index contributed by atoms with van der Waals surface area (Å²) in [5.41, 5.74) is 1.04. The minimum atomic E-state index is -1.62. The maximum Gasteiger partial charge on any atom is 0.354 e. The normalized spacial score (nSPS) is 30.6. The monoisotopic (exact) mass is 391 g/mol. The van der Waals surface area contributed by atoms with Gasteiger partial charge in [0.05, 0.1) is 0 Å². The maximum absolute atomic E-state index is 12.6. The van der Waals surface area contributed by atoms with Gasteiger partial charge in [0.25, 0.3) is 0 Å². The molecule has 3 rings (SSSR count). The van der Waals surface area contributed by atoms with E-state index in [0.29, 0.717) is 17.8 Å². The second-order valence-electron chi connectivity index (χ2n) is 7.30. The summed E-state index contributed by atoms with van der Waals surface area (Å²) in [4.78, 5) is 16.8. The zero-order chi connectivity index (χ0) is 17.7. The molecule has 2 aliphatic heterocycles. The van der Waals surface area contributed by atoms with Crippen LogP contribution in [0.3, 0.4) is 0 Å².